The molecule has 0 saturated heterocycles. The molecule has 0 bridgehead atoms. The summed E-state index contributed by atoms with van der Waals surface area (Å²) in [7, 11) is 0. The average Bonchev–Trinajstić information content (AvgIpc) is 3.76. The number of hydrogen-bond donors (Lipinski definition) is 2. The first-order valence-corrected chi connectivity index (χ1v) is 26.6. The van der Waals surface area contributed by atoms with Crippen molar-refractivity contribution in [3.05, 3.63) is 197 Å². The number of ether oxygens (including phenoxy) is 3. The number of aryl methyl sites for hydroxylation is 1. The highest BCUT2D eigenvalue weighted by Gasteiger charge is 2.44. The van der Waals surface area contributed by atoms with E-state index in [0.29, 0.717) is 57.9 Å². The molecule has 5 aromatic carbocycles. The number of halogens is 1. The summed E-state index contributed by atoms with van der Waals surface area (Å²) in [5.41, 5.74) is 13.9. The highest BCUT2D eigenvalue weighted by molar-refractivity contribution is 6.03. The second kappa shape index (κ2) is 26.4. The van der Waals surface area contributed by atoms with Gasteiger partial charge in [0.1, 0.15) is 18.1 Å². The molecule has 3 aliphatic rings. The number of nitrogens with zero attached hydrogens (tertiary/aromatic N) is 2. The van der Waals surface area contributed by atoms with Crippen molar-refractivity contribution in [2.24, 2.45) is 0 Å². The van der Waals surface area contributed by atoms with E-state index in [0.717, 1.165) is 73.4 Å². The Balaban J connectivity index is 0.00000800. The number of fused-ring (bicyclic) bond motifs is 2. The van der Waals surface area contributed by atoms with Crippen molar-refractivity contribution in [2.45, 2.75) is 97.3 Å². The van der Waals surface area contributed by atoms with Crippen LogP contribution in [0.4, 0.5) is 11.4 Å². The van der Waals surface area contributed by atoms with Crippen LogP contribution in [0, 0.1) is 0 Å². The van der Waals surface area contributed by atoms with Gasteiger partial charge in [-0.2, -0.15) is 4.58 Å². The molecule has 0 unspecified atom stereocenters. The first kappa shape index (κ1) is 55.7. The Morgan fingerprint density at radius 1 is 0.676 bits per heavy atom. The van der Waals surface area contributed by atoms with E-state index < -0.39 is 0 Å². The fraction of sp³-hybridized carbons (Fsp3) is 0.359. The van der Waals surface area contributed by atoms with Crippen molar-refractivity contribution < 1.29 is 52.4 Å². The molecule has 1 aliphatic carbocycles. The summed E-state index contributed by atoms with van der Waals surface area (Å²) in [6.45, 7) is 18.2. The first-order chi connectivity index (χ1) is 35.5. The number of rotatable bonds is 23. The van der Waals surface area contributed by atoms with E-state index in [-0.39, 0.29) is 46.6 Å². The number of anilines is 1. The maximum atomic E-state index is 12.8. The van der Waals surface area contributed by atoms with Crippen LogP contribution in [0.3, 0.4) is 0 Å². The van der Waals surface area contributed by atoms with Crippen molar-refractivity contribution in [3.63, 3.8) is 0 Å². The zero-order chi connectivity index (χ0) is 51.2. The molecule has 388 valence electrons. The lowest BCUT2D eigenvalue weighted by molar-refractivity contribution is -0.437. The van der Waals surface area contributed by atoms with Gasteiger partial charge in [0.05, 0.1) is 31.8 Å². The molecule has 10 heteroatoms. The molecule has 0 radical (unpaired) electrons. The molecule has 9 nitrogen and oxygen atoms in total. The topological polar surface area (TPSA) is 92.1 Å². The van der Waals surface area contributed by atoms with Crippen LogP contribution in [0.5, 0.6) is 5.75 Å². The van der Waals surface area contributed by atoms with Gasteiger partial charge in [-0.05, 0) is 122 Å². The van der Waals surface area contributed by atoms with Gasteiger partial charge in [0.25, 0.3) is 5.91 Å². The molecule has 5 aromatic rings. The molecule has 2 amide bonds. The molecular formula is C64H75IN4O5. The predicted molar refractivity (Wildman–Crippen MR) is 297 cm³/mol. The van der Waals surface area contributed by atoms with Gasteiger partial charge >= 0.3 is 0 Å². The van der Waals surface area contributed by atoms with Gasteiger partial charge in [0.2, 0.25) is 11.6 Å². The fourth-order valence-electron chi connectivity index (χ4n) is 10.5. The van der Waals surface area contributed by atoms with Crippen molar-refractivity contribution >= 4 is 28.9 Å². The summed E-state index contributed by atoms with van der Waals surface area (Å²) in [6.07, 6.45) is 15.3. The van der Waals surface area contributed by atoms with E-state index in [4.69, 9.17) is 14.2 Å². The third-order valence-corrected chi connectivity index (χ3v) is 14.4. The van der Waals surface area contributed by atoms with Gasteiger partial charge in [-0.3, -0.25) is 9.59 Å². The molecule has 0 atom stereocenters. The van der Waals surface area contributed by atoms with Crippen LogP contribution >= 0.6 is 0 Å². The van der Waals surface area contributed by atoms with Crippen LogP contribution in [0.15, 0.2) is 174 Å². The number of carbonyl (C=O) groups is 2. The van der Waals surface area contributed by atoms with Gasteiger partial charge in [-0.1, -0.05) is 125 Å². The van der Waals surface area contributed by atoms with Crippen LogP contribution in [-0.2, 0) is 31.5 Å². The summed E-state index contributed by atoms with van der Waals surface area (Å²) in [5, 5.41) is 5.88. The van der Waals surface area contributed by atoms with E-state index in [9.17, 15) is 9.59 Å². The van der Waals surface area contributed by atoms with Crippen LogP contribution in [0.1, 0.15) is 107 Å². The van der Waals surface area contributed by atoms with Gasteiger partial charge in [-0.15, -0.1) is 0 Å². The SMILES string of the molecule is CCCN1/C(=C/C=C2\CCCC(/C=C/C3=[N+](CCC)c4ccccc4C3(C)C)=C2Oc2ccc(CCC(=O)NCCOCCOCCNC(=O)c3ccc(-c4ccccc4)cc3)cc2)C(C)(C)c2ccccc21.[I-]. The minimum absolute atomic E-state index is 0. The molecule has 0 aromatic heterocycles. The van der Waals surface area contributed by atoms with E-state index in [1.54, 1.807) is 0 Å². The Kier molecular flexibility index (Phi) is 19.9. The van der Waals surface area contributed by atoms with Gasteiger partial charge in [0, 0.05) is 72.5 Å². The number of benzene rings is 5. The number of carbonyl (C=O) groups excluding carboxylic acids is 2. The maximum Gasteiger partial charge on any atom is 0.251 e. The molecule has 74 heavy (non-hydrogen) atoms. The highest BCUT2D eigenvalue weighted by Crippen LogP contribution is 2.48. The fourth-order valence-corrected chi connectivity index (χ4v) is 10.5. The normalized spacial score (nSPS) is 16.6. The van der Waals surface area contributed by atoms with Crippen molar-refractivity contribution in [2.75, 3.05) is 57.5 Å². The molecule has 2 heterocycles. The molecule has 2 N–H and O–H groups in total. The lowest BCUT2D eigenvalue weighted by atomic mass is 9.81. The molecule has 8 rings (SSSR count). The number of hydrogen-bond acceptors (Lipinski definition) is 6. The summed E-state index contributed by atoms with van der Waals surface area (Å²) in [5.74, 6) is 1.55. The smallest absolute Gasteiger partial charge is 0.251 e. The van der Waals surface area contributed by atoms with Gasteiger partial charge in [-0.25, -0.2) is 0 Å². The Morgan fingerprint density at radius 2 is 1.34 bits per heavy atom. The van der Waals surface area contributed by atoms with Crippen LogP contribution < -0.4 is 44.2 Å². The third kappa shape index (κ3) is 13.4. The predicted octanol–water partition coefficient (Wildman–Crippen LogP) is 9.75. The maximum absolute atomic E-state index is 12.8. The Labute approximate surface area is 457 Å². The van der Waals surface area contributed by atoms with Crippen molar-refractivity contribution in [3.8, 4) is 16.9 Å². The molecule has 0 fully saturated rings. The minimum atomic E-state index is -0.134. The Bertz CT molecular complexity index is 2860. The molecule has 2 aliphatic heterocycles. The Morgan fingerprint density at radius 3 is 2.05 bits per heavy atom. The standard InChI is InChI=1S/C64H74N4O5.HI/c1-7-41-67-56-23-14-12-21-54(56)63(3,4)58(67)36-32-50-19-16-20-51(33-37-59-64(5,6)55-22-13-15-24-57(55)68(59)42-8-2)61(50)73-53-34-25-47(26-35-53)27-38-60(69)65-39-43-71-45-46-72-44-40-66-62(70)52-30-28-49(29-31-52)48-17-10-9-11-18-48;/h9-15,17-18,21-26,28-37H,7-8,16,19-20,27,38-46H2,1-6H3,(H-,65,66,69,70);1H. The monoisotopic (exact) mass is 1110 g/mol. The average molecular weight is 1110 g/mol. The summed E-state index contributed by atoms with van der Waals surface area (Å²) < 4.78 is 20.8. The number of para-hydroxylation sites is 2. The quantitative estimate of drug-likeness (QED) is 0.0385. The second-order valence-electron chi connectivity index (χ2n) is 20.3. The largest absolute Gasteiger partial charge is 1.00 e. The van der Waals surface area contributed by atoms with E-state index >= 15 is 0 Å². The van der Waals surface area contributed by atoms with E-state index in [1.807, 2.05) is 66.7 Å². The molecular weight excluding hydrogens is 1030 g/mol. The molecule has 0 saturated carbocycles. The lowest BCUT2D eigenvalue weighted by Crippen LogP contribution is -3.00. The van der Waals surface area contributed by atoms with E-state index in [1.165, 1.54) is 45.1 Å². The van der Waals surface area contributed by atoms with Gasteiger partial charge in [0.15, 0.2) is 5.71 Å². The lowest BCUT2D eigenvalue weighted by Gasteiger charge is -2.27. The number of nitrogens with one attached hydrogen (secondary N) is 2. The molecule has 0 spiro atoms. The zero-order valence-electron chi connectivity index (χ0n) is 44.4. The van der Waals surface area contributed by atoms with E-state index in [2.05, 4.69) is 147 Å². The summed E-state index contributed by atoms with van der Waals surface area (Å²) >= 11 is 0. The number of amides is 2. The summed E-state index contributed by atoms with van der Waals surface area (Å²) in [6, 6.07) is 43.6. The third-order valence-electron chi connectivity index (χ3n) is 14.4. The van der Waals surface area contributed by atoms with Crippen molar-refractivity contribution in [1.82, 2.24) is 10.6 Å². The number of allylic oxidation sites excluding steroid dienone is 7. The Hall–Kier alpha value is -6.08. The highest BCUT2D eigenvalue weighted by atomic mass is 127. The van der Waals surface area contributed by atoms with Crippen LogP contribution in [-0.4, -0.2) is 74.7 Å². The van der Waals surface area contributed by atoms with Crippen LogP contribution in [0.25, 0.3) is 11.1 Å². The first-order valence-electron chi connectivity index (χ1n) is 26.6. The second-order valence-corrected chi connectivity index (χ2v) is 20.3. The summed E-state index contributed by atoms with van der Waals surface area (Å²) in [4.78, 5) is 27.9. The zero-order valence-corrected chi connectivity index (χ0v) is 46.5. The van der Waals surface area contributed by atoms with Gasteiger partial charge < -0.3 is 53.7 Å². The minimum Gasteiger partial charge on any atom is -1.00 e. The van der Waals surface area contributed by atoms with Crippen molar-refractivity contribution in [1.29, 1.82) is 0 Å². The van der Waals surface area contributed by atoms with Crippen LogP contribution in [0.2, 0.25) is 0 Å².